The van der Waals surface area contributed by atoms with Crippen molar-refractivity contribution in [3.63, 3.8) is 0 Å². The molecule has 0 aromatic carbocycles. The minimum absolute atomic E-state index is 0.655. The summed E-state index contributed by atoms with van der Waals surface area (Å²) in [5.41, 5.74) is 1.44. The first kappa shape index (κ1) is 7.60. The Morgan fingerprint density at radius 3 is 2.82 bits per heavy atom. The molecule has 0 aliphatic rings. The molecule has 0 unspecified atom stereocenters. The number of pyridine rings is 1. The molecule has 1 rings (SSSR count). The molecule has 3 heteroatoms. The predicted molar refractivity (Wildman–Crippen MR) is 45.6 cm³/mol. The van der Waals surface area contributed by atoms with E-state index in [4.69, 9.17) is 5.41 Å². The van der Waals surface area contributed by atoms with Crippen LogP contribution >= 0.6 is 0 Å². The highest BCUT2D eigenvalue weighted by molar-refractivity contribution is 5.80. The number of nitrogens with one attached hydrogen (secondary N) is 1. The predicted octanol–water partition coefficient (Wildman–Crippen LogP) is 1.13. The zero-order valence-electron chi connectivity index (χ0n) is 6.28. The van der Waals surface area contributed by atoms with Crippen LogP contribution < -0.4 is 0 Å². The summed E-state index contributed by atoms with van der Waals surface area (Å²) in [4.78, 5) is 7.91. The molecule has 1 heterocycles. The van der Waals surface area contributed by atoms with Gasteiger partial charge in [0.15, 0.2) is 0 Å². The van der Waals surface area contributed by atoms with Crippen LogP contribution in [-0.4, -0.2) is 24.5 Å². The van der Waals surface area contributed by atoms with Crippen LogP contribution in [0.15, 0.2) is 23.2 Å². The summed E-state index contributed by atoms with van der Waals surface area (Å²) in [5.74, 6) is 0. The minimum Gasteiger partial charge on any atom is -0.307 e. The standard InChI is InChI=1S/C8H9N3/c1-10-6-8-4-2-3-7(5-9)11-8/h2-6,9H,1H3. The van der Waals surface area contributed by atoms with Crippen molar-refractivity contribution in [2.75, 3.05) is 7.05 Å². The normalized spacial score (nSPS) is 10.3. The van der Waals surface area contributed by atoms with Gasteiger partial charge in [0.25, 0.3) is 0 Å². The van der Waals surface area contributed by atoms with Crippen molar-refractivity contribution in [1.82, 2.24) is 4.98 Å². The minimum atomic E-state index is 0.655. The third kappa shape index (κ3) is 1.97. The third-order valence-electron chi connectivity index (χ3n) is 1.20. The van der Waals surface area contributed by atoms with E-state index in [9.17, 15) is 0 Å². The van der Waals surface area contributed by atoms with E-state index in [-0.39, 0.29) is 0 Å². The molecule has 0 aliphatic heterocycles. The largest absolute Gasteiger partial charge is 0.307 e. The Morgan fingerprint density at radius 1 is 1.45 bits per heavy atom. The second-order valence-corrected chi connectivity index (χ2v) is 2.02. The Bertz CT molecular complexity index is 278. The molecule has 1 aromatic heterocycles. The Kier molecular flexibility index (Phi) is 2.49. The van der Waals surface area contributed by atoms with Crippen molar-refractivity contribution < 1.29 is 0 Å². The molecular formula is C8H9N3. The maximum Gasteiger partial charge on any atom is 0.0815 e. The first-order valence-corrected chi connectivity index (χ1v) is 3.26. The van der Waals surface area contributed by atoms with Crippen LogP contribution in [0.1, 0.15) is 11.4 Å². The molecular weight excluding hydrogens is 138 g/mol. The molecule has 0 fully saturated rings. The van der Waals surface area contributed by atoms with Crippen LogP contribution in [0.25, 0.3) is 0 Å². The molecule has 0 amide bonds. The van der Waals surface area contributed by atoms with Crippen LogP contribution in [0.5, 0.6) is 0 Å². The zero-order valence-corrected chi connectivity index (χ0v) is 6.28. The van der Waals surface area contributed by atoms with Gasteiger partial charge < -0.3 is 5.41 Å². The molecule has 0 atom stereocenters. The van der Waals surface area contributed by atoms with E-state index >= 15 is 0 Å². The molecule has 0 saturated heterocycles. The summed E-state index contributed by atoms with van der Waals surface area (Å²) in [6.45, 7) is 0. The fourth-order valence-electron chi connectivity index (χ4n) is 0.753. The number of aromatic nitrogens is 1. The van der Waals surface area contributed by atoms with Crippen molar-refractivity contribution >= 4 is 12.4 Å². The Labute approximate surface area is 65.3 Å². The van der Waals surface area contributed by atoms with E-state index in [2.05, 4.69) is 9.98 Å². The van der Waals surface area contributed by atoms with Crippen molar-refractivity contribution in [2.24, 2.45) is 4.99 Å². The summed E-state index contributed by atoms with van der Waals surface area (Å²) in [6.07, 6.45) is 2.88. The van der Waals surface area contributed by atoms with Gasteiger partial charge in [0.2, 0.25) is 0 Å². The highest BCUT2D eigenvalue weighted by Crippen LogP contribution is 1.93. The maximum absolute atomic E-state index is 6.94. The van der Waals surface area contributed by atoms with Gasteiger partial charge in [-0.15, -0.1) is 0 Å². The summed E-state index contributed by atoms with van der Waals surface area (Å²) in [7, 11) is 1.69. The van der Waals surface area contributed by atoms with Crippen LogP contribution in [0.2, 0.25) is 0 Å². The second-order valence-electron chi connectivity index (χ2n) is 2.02. The van der Waals surface area contributed by atoms with Crippen molar-refractivity contribution in [3.05, 3.63) is 29.6 Å². The summed E-state index contributed by atoms with van der Waals surface area (Å²) in [6, 6.07) is 5.48. The van der Waals surface area contributed by atoms with Crippen LogP contribution in [0, 0.1) is 5.41 Å². The highest BCUT2D eigenvalue weighted by Gasteiger charge is 1.89. The van der Waals surface area contributed by atoms with Gasteiger partial charge in [0.1, 0.15) is 0 Å². The number of hydrogen-bond acceptors (Lipinski definition) is 3. The fourth-order valence-corrected chi connectivity index (χ4v) is 0.753. The van der Waals surface area contributed by atoms with E-state index in [1.807, 2.05) is 12.1 Å². The molecule has 11 heavy (non-hydrogen) atoms. The molecule has 0 radical (unpaired) electrons. The van der Waals surface area contributed by atoms with E-state index in [0.717, 1.165) is 5.69 Å². The molecule has 0 bridgehead atoms. The number of aliphatic imine (C=N–C) groups is 1. The average molecular weight is 147 g/mol. The monoisotopic (exact) mass is 147 g/mol. The molecule has 56 valence electrons. The molecule has 3 nitrogen and oxygen atoms in total. The van der Waals surface area contributed by atoms with Crippen LogP contribution in [0.4, 0.5) is 0 Å². The van der Waals surface area contributed by atoms with Gasteiger partial charge >= 0.3 is 0 Å². The summed E-state index contributed by atoms with van der Waals surface area (Å²) in [5, 5.41) is 6.94. The molecule has 0 aliphatic carbocycles. The maximum atomic E-state index is 6.94. The number of nitrogens with zero attached hydrogens (tertiary/aromatic N) is 2. The Morgan fingerprint density at radius 2 is 2.18 bits per heavy atom. The van der Waals surface area contributed by atoms with Crippen molar-refractivity contribution in [1.29, 1.82) is 5.41 Å². The van der Waals surface area contributed by atoms with E-state index in [1.54, 1.807) is 19.3 Å². The van der Waals surface area contributed by atoms with E-state index < -0.39 is 0 Å². The lowest BCUT2D eigenvalue weighted by Crippen LogP contribution is -1.91. The van der Waals surface area contributed by atoms with E-state index in [1.165, 1.54) is 6.21 Å². The van der Waals surface area contributed by atoms with Gasteiger partial charge in [-0.1, -0.05) is 6.07 Å². The fraction of sp³-hybridized carbons (Fsp3) is 0.125. The Balaban J connectivity index is 3.00. The average Bonchev–Trinajstić information content (AvgIpc) is 2.06. The molecule has 0 saturated carbocycles. The van der Waals surface area contributed by atoms with Gasteiger partial charge in [-0.3, -0.25) is 4.99 Å². The molecule has 1 aromatic rings. The van der Waals surface area contributed by atoms with Crippen LogP contribution in [0.3, 0.4) is 0 Å². The molecule has 1 N–H and O–H groups in total. The van der Waals surface area contributed by atoms with Gasteiger partial charge in [-0.25, -0.2) is 4.98 Å². The number of hydrogen-bond donors (Lipinski definition) is 1. The van der Waals surface area contributed by atoms with Crippen LogP contribution in [-0.2, 0) is 0 Å². The van der Waals surface area contributed by atoms with Gasteiger partial charge in [0.05, 0.1) is 11.4 Å². The summed E-state index contributed by atoms with van der Waals surface area (Å²) < 4.78 is 0. The van der Waals surface area contributed by atoms with Gasteiger partial charge in [0, 0.05) is 19.5 Å². The molecule has 0 spiro atoms. The number of rotatable bonds is 2. The van der Waals surface area contributed by atoms with Gasteiger partial charge in [-0.05, 0) is 12.1 Å². The first-order valence-electron chi connectivity index (χ1n) is 3.26. The smallest absolute Gasteiger partial charge is 0.0815 e. The van der Waals surface area contributed by atoms with E-state index in [0.29, 0.717) is 5.69 Å². The summed E-state index contributed by atoms with van der Waals surface area (Å²) >= 11 is 0. The lowest BCUT2D eigenvalue weighted by Gasteiger charge is -1.92. The van der Waals surface area contributed by atoms with Gasteiger partial charge in [-0.2, -0.15) is 0 Å². The lowest BCUT2D eigenvalue weighted by molar-refractivity contribution is 1.26. The SMILES string of the molecule is CN=Cc1cccc(C=N)n1. The van der Waals surface area contributed by atoms with Crippen molar-refractivity contribution in [2.45, 2.75) is 0 Å². The third-order valence-corrected chi connectivity index (χ3v) is 1.20. The topological polar surface area (TPSA) is 49.1 Å². The highest BCUT2D eigenvalue weighted by atomic mass is 14.7. The first-order chi connectivity index (χ1) is 5.36. The second kappa shape index (κ2) is 3.61. The van der Waals surface area contributed by atoms with Crippen molar-refractivity contribution in [3.8, 4) is 0 Å². The zero-order chi connectivity index (χ0) is 8.10. The quantitative estimate of drug-likeness (QED) is 0.626. The lowest BCUT2D eigenvalue weighted by atomic mass is 10.3. The Hall–Kier alpha value is -1.51.